The van der Waals surface area contributed by atoms with Crippen molar-refractivity contribution in [1.82, 2.24) is 4.72 Å². The topological polar surface area (TPSA) is 64.6 Å². The molecule has 0 bridgehead atoms. The highest BCUT2D eigenvalue weighted by Crippen LogP contribution is 2.30. The summed E-state index contributed by atoms with van der Waals surface area (Å²) in [4.78, 5) is 1.11. The lowest BCUT2D eigenvalue weighted by molar-refractivity contribution is 0.110. The van der Waals surface area contributed by atoms with E-state index in [1.807, 2.05) is 6.07 Å². The first-order valence-corrected chi connectivity index (χ1v) is 9.71. The molecule has 0 spiro atoms. The maximum Gasteiger partial charge on any atom is 0.240 e. The quantitative estimate of drug-likeness (QED) is 0.845. The first-order valence-electron chi connectivity index (χ1n) is 7.03. The van der Waals surface area contributed by atoms with Gasteiger partial charge in [-0.2, -0.15) is 0 Å². The number of rotatable bonds is 6. The van der Waals surface area contributed by atoms with Gasteiger partial charge in [-0.15, -0.1) is 11.3 Å². The van der Waals surface area contributed by atoms with Gasteiger partial charge in [0.15, 0.2) is 0 Å². The number of sulfonamides is 1. The minimum Gasteiger partial charge on any atom is -0.493 e. The molecule has 3 rings (SSSR count). The van der Waals surface area contributed by atoms with Crippen LogP contribution in [0.15, 0.2) is 35.2 Å². The second kappa shape index (κ2) is 6.78. The van der Waals surface area contributed by atoms with Crippen LogP contribution in [0.4, 0.5) is 0 Å². The second-order valence-electron chi connectivity index (χ2n) is 5.09. The first kappa shape index (κ1) is 16.7. The Morgan fingerprint density at radius 3 is 2.91 bits per heavy atom. The van der Waals surface area contributed by atoms with Gasteiger partial charge in [0.2, 0.25) is 10.0 Å². The summed E-state index contributed by atoms with van der Waals surface area (Å²) in [6, 6.07) is 8.51. The molecule has 2 heterocycles. The van der Waals surface area contributed by atoms with E-state index >= 15 is 0 Å². The summed E-state index contributed by atoms with van der Waals surface area (Å²) in [5.41, 5.74) is 0.918. The smallest absolute Gasteiger partial charge is 0.240 e. The third kappa shape index (κ3) is 3.70. The highest BCUT2D eigenvalue weighted by molar-refractivity contribution is 7.89. The van der Waals surface area contributed by atoms with E-state index in [0.717, 1.165) is 22.6 Å². The maximum absolute atomic E-state index is 12.5. The molecular weight excluding hydrogens is 358 g/mol. The zero-order valence-electron chi connectivity index (χ0n) is 12.4. The van der Waals surface area contributed by atoms with Gasteiger partial charge in [-0.1, -0.05) is 11.6 Å². The van der Waals surface area contributed by atoms with Gasteiger partial charge in [0.05, 0.1) is 15.8 Å². The summed E-state index contributed by atoms with van der Waals surface area (Å²) in [5, 5.41) is 0. The van der Waals surface area contributed by atoms with Crippen LogP contribution in [-0.2, 0) is 21.2 Å². The summed E-state index contributed by atoms with van der Waals surface area (Å²) in [7, 11) is -2.06. The third-order valence-corrected chi connectivity index (χ3v) is 6.37. The Hall–Kier alpha value is -1.12. The Kier molecular flexibility index (Phi) is 4.93. The Labute approximate surface area is 144 Å². The number of hydrogen-bond acceptors (Lipinski definition) is 5. The molecule has 0 amide bonds. The number of benzene rings is 1. The average Bonchev–Trinajstić information content (AvgIpc) is 3.16. The van der Waals surface area contributed by atoms with Crippen LogP contribution in [0.1, 0.15) is 16.5 Å². The number of fused-ring (bicyclic) bond motifs is 1. The van der Waals surface area contributed by atoms with E-state index in [1.54, 1.807) is 31.4 Å². The van der Waals surface area contributed by atoms with Crippen LogP contribution < -0.4 is 9.46 Å². The molecule has 0 fully saturated rings. The fourth-order valence-electron chi connectivity index (χ4n) is 2.40. The highest BCUT2D eigenvalue weighted by atomic mass is 35.5. The fraction of sp³-hybridized carbons (Fsp3) is 0.333. The van der Waals surface area contributed by atoms with Gasteiger partial charge in [0, 0.05) is 25.0 Å². The molecule has 124 valence electrons. The van der Waals surface area contributed by atoms with Gasteiger partial charge in [-0.25, -0.2) is 13.1 Å². The molecule has 8 heteroatoms. The molecule has 0 aliphatic carbocycles. The number of ether oxygens (including phenoxy) is 2. The number of hydrogen-bond donors (Lipinski definition) is 1. The number of methoxy groups -OCH3 is 1. The number of halogens is 1. The van der Waals surface area contributed by atoms with Crippen LogP contribution in [0, 0.1) is 0 Å². The molecule has 0 unspecified atom stereocenters. The van der Waals surface area contributed by atoms with E-state index < -0.39 is 10.0 Å². The maximum atomic E-state index is 12.5. The zero-order chi connectivity index (χ0) is 16.4. The summed E-state index contributed by atoms with van der Waals surface area (Å²) in [6.07, 6.45) is 0.354. The lowest BCUT2D eigenvalue weighted by Crippen LogP contribution is -2.29. The van der Waals surface area contributed by atoms with E-state index in [4.69, 9.17) is 21.1 Å². The van der Waals surface area contributed by atoms with Crippen LogP contribution in [0.2, 0.25) is 4.34 Å². The van der Waals surface area contributed by atoms with E-state index in [1.165, 1.54) is 11.3 Å². The second-order valence-corrected chi connectivity index (χ2v) is 8.60. The molecule has 0 saturated heterocycles. The van der Waals surface area contributed by atoms with Gasteiger partial charge in [0.1, 0.15) is 11.9 Å². The van der Waals surface area contributed by atoms with E-state index in [0.29, 0.717) is 10.9 Å². The molecule has 0 radical (unpaired) electrons. The average molecular weight is 374 g/mol. The van der Waals surface area contributed by atoms with Gasteiger partial charge in [0.25, 0.3) is 0 Å². The predicted molar refractivity (Wildman–Crippen MR) is 89.9 cm³/mol. The van der Waals surface area contributed by atoms with Crippen molar-refractivity contribution in [1.29, 1.82) is 0 Å². The van der Waals surface area contributed by atoms with Crippen molar-refractivity contribution in [3.63, 3.8) is 0 Å². The molecule has 1 atom stereocenters. The standard InChI is InChI=1S/C15H16ClNO4S2/c1-20-13(14-4-5-15(16)22-14)9-17-23(18,19)11-2-3-12-10(8-11)6-7-21-12/h2-5,8,13,17H,6-7,9H2,1H3/t13-/m1/s1. The van der Waals surface area contributed by atoms with Crippen molar-refractivity contribution >= 4 is 33.0 Å². The van der Waals surface area contributed by atoms with E-state index in [9.17, 15) is 8.42 Å². The molecule has 5 nitrogen and oxygen atoms in total. The highest BCUT2D eigenvalue weighted by Gasteiger charge is 2.21. The predicted octanol–water partition coefficient (Wildman–Crippen LogP) is 3.00. The summed E-state index contributed by atoms with van der Waals surface area (Å²) in [5.74, 6) is 0.756. The van der Waals surface area contributed by atoms with E-state index in [-0.39, 0.29) is 17.5 Å². The lowest BCUT2D eigenvalue weighted by atomic mass is 10.2. The van der Waals surface area contributed by atoms with Crippen LogP contribution >= 0.6 is 22.9 Å². The van der Waals surface area contributed by atoms with Crippen molar-refractivity contribution in [3.05, 3.63) is 45.1 Å². The number of nitrogens with one attached hydrogen (secondary N) is 1. The fourth-order valence-corrected chi connectivity index (χ4v) is 4.62. The molecule has 2 aromatic rings. The molecule has 0 saturated carbocycles. The first-order chi connectivity index (χ1) is 11.0. The molecule has 1 aromatic carbocycles. The lowest BCUT2D eigenvalue weighted by Gasteiger charge is -2.15. The summed E-state index contributed by atoms with van der Waals surface area (Å²) >= 11 is 7.29. The Morgan fingerprint density at radius 2 is 2.22 bits per heavy atom. The Balaban J connectivity index is 1.73. The van der Waals surface area contributed by atoms with Gasteiger partial charge in [-0.05, 0) is 35.9 Å². The Morgan fingerprint density at radius 1 is 1.39 bits per heavy atom. The van der Waals surface area contributed by atoms with Crippen molar-refractivity contribution < 1.29 is 17.9 Å². The van der Waals surface area contributed by atoms with Gasteiger partial charge >= 0.3 is 0 Å². The van der Waals surface area contributed by atoms with Gasteiger partial charge in [-0.3, -0.25) is 0 Å². The molecule has 23 heavy (non-hydrogen) atoms. The molecular formula is C15H16ClNO4S2. The largest absolute Gasteiger partial charge is 0.493 e. The molecule has 1 aliphatic heterocycles. The van der Waals surface area contributed by atoms with E-state index in [2.05, 4.69) is 4.72 Å². The van der Waals surface area contributed by atoms with Crippen LogP contribution in [0.3, 0.4) is 0 Å². The molecule has 1 N–H and O–H groups in total. The normalized spacial score (nSPS) is 15.2. The monoisotopic (exact) mass is 373 g/mol. The molecule has 1 aliphatic rings. The summed E-state index contributed by atoms with van der Waals surface area (Å²) < 4.78 is 38.9. The number of thiophene rings is 1. The SMILES string of the molecule is CO[C@H](CNS(=O)(=O)c1ccc2c(c1)CCO2)c1ccc(Cl)s1. The zero-order valence-corrected chi connectivity index (χ0v) is 14.8. The van der Waals surface area contributed by atoms with Crippen molar-refractivity contribution in [2.45, 2.75) is 17.4 Å². The summed E-state index contributed by atoms with van der Waals surface area (Å²) in [6.45, 7) is 0.737. The molecule has 1 aromatic heterocycles. The van der Waals surface area contributed by atoms with Crippen LogP contribution in [0.5, 0.6) is 5.75 Å². The minimum atomic E-state index is -3.60. The van der Waals surface area contributed by atoms with Crippen LogP contribution in [0.25, 0.3) is 0 Å². The van der Waals surface area contributed by atoms with Crippen molar-refractivity contribution in [2.24, 2.45) is 0 Å². The minimum absolute atomic E-state index is 0.142. The Bertz CT molecular complexity index is 804. The van der Waals surface area contributed by atoms with Crippen molar-refractivity contribution in [3.8, 4) is 5.75 Å². The third-order valence-electron chi connectivity index (χ3n) is 3.63. The van der Waals surface area contributed by atoms with Crippen molar-refractivity contribution in [2.75, 3.05) is 20.3 Å². The van der Waals surface area contributed by atoms with Gasteiger partial charge < -0.3 is 9.47 Å². The van der Waals surface area contributed by atoms with Crippen LogP contribution in [-0.4, -0.2) is 28.7 Å².